The normalized spacial score (nSPS) is 53.6. The summed E-state index contributed by atoms with van der Waals surface area (Å²) in [6.07, 6.45) is 2.96. The third kappa shape index (κ3) is 2.52. The highest BCUT2D eigenvalue weighted by Gasteiger charge is 2.87. The lowest BCUT2D eigenvalue weighted by Crippen LogP contribution is -2.77. The molecule has 1 aromatic carbocycles. The van der Waals surface area contributed by atoms with Gasteiger partial charge in [-0.05, 0) is 77.3 Å². The minimum absolute atomic E-state index is 0.113. The van der Waals surface area contributed by atoms with E-state index in [-0.39, 0.29) is 47.0 Å². The molecular weight excluding hydrogens is 494 g/mol. The van der Waals surface area contributed by atoms with Crippen LogP contribution in [0.2, 0.25) is 0 Å². The van der Waals surface area contributed by atoms with Gasteiger partial charge < -0.3 is 33.8 Å². The molecule has 1 spiro atoms. The van der Waals surface area contributed by atoms with Crippen LogP contribution in [0, 0.1) is 11.3 Å². The van der Waals surface area contributed by atoms with E-state index in [1.54, 1.807) is 0 Å². The molecule has 210 valence electrons. The smallest absolute Gasteiger partial charge is 0.187 e. The topological polar surface area (TPSA) is 88.8 Å². The van der Waals surface area contributed by atoms with Crippen molar-refractivity contribution in [3.8, 4) is 0 Å². The van der Waals surface area contributed by atoms with Crippen molar-refractivity contribution in [2.45, 2.75) is 138 Å². The molecule has 0 bridgehead atoms. The fourth-order valence-corrected chi connectivity index (χ4v) is 10.4. The van der Waals surface area contributed by atoms with Crippen molar-refractivity contribution in [3.63, 3.8) is 0 Å². The van der Waals surface area contributed by atoms with Gasteiger partial charge in [0.15, 0.2) is 11.9 Å². The van der Waals surface area contributed by atoms with Crippen molar-refractivity contribution in [2.75, 3.05) is 0 Å². The third-order valence-corrected chi connectivity index (χ3v) is 12.8. The molecule has 7 nitrogen and oxygen atoms in total. The summed E-state index contributed by atoms with van der Waals surface area (Å²) in [6, 6.07) is 8.67. The van der Waals surface area contributed by atoms with E-state index in [4.69, 9.17) is 23.7 Å². The number of rotatable bonds is 1. The van der Waals surface area contributed by atoms with E-state index >= 15 is 0 Å². The van der Waals surface area contributed by atoms with Crippen molar-refractivity contribution in [2.24, 2.45) is 11.3 Å². The van der Waals surface area contributed by atoms with Gasteiger partial charge in [0.2, 0.25) is 0 Å². The van der Waals surface area contributed by atoms with Crippen molar-refractivity contribution in [1.29, 1.82) is 0 Å². The van der Waals surface area contributed by atoms with Crippen molar-refractivity contribution in [3.05, 3.63) is 35.5 Å². The van der Waals surface area contributed by atoms with Gasteiger partial charge in [-0.3, -0.25) is 0 Å². The maximum Gasteiger partial charge on any atom is 0.187 e. The lowest BCUT2D eigenvalue weighted by Gasteiger charge is -2.66. The maximum absolute atomic E-state index is 13.1. The van der Waals surface area contributed by atoms with Crippen molar-refractivity contribution < 1.29 is 28.8 Å². The Kier molecular flexibility index (Phi) is 4.19. The summed E-state index contributed by atoms with van der Waals surface area (Å²) in [6.45, 7) is 13.1. The van der Waals surface area contributed by atoms with Crippen molar-refractivity contribution in [1.82, 2.24) is 4.98 Å². The molecule has 2 saturated carbocycles. The first-order chi connectivity index (χ1) is 18.4. The summed E-state index contributed by atoms with van der Waals surface area (Å²) in [7, 11) is 0. The number of hydrogen-bond donors (Lipinski definition) is 2. The van der Waals surface area contributed by atoms with Crippen molar-refractivity contribution >= 4 is 10.9 Å². The van der Waals surface area contributed by atoms with E-state index in [1.807, 2.05) is 0 Å². The Morgan fingerprint density at radius 1 is 0.846 bits per heavy atom. The van der Waals surface area contributed by atoms with Gasteiger partial charge in [-0.15, -0.1) is 0 Å². The Labute approximate surface area is 229 Å². The molecule has 2 N–H and O–H groups in total. The summed E-state index contributed by atoms with van der Waals surface area (Å²) in [4.78, 5) is 3.84. The number of aromatic amines is 1. The lowest BCUT2D eigenvalue weighted by molar-refractivity contribution is -0.356. The Hall–Kier alpha value is -1.48. The average Bonchev–Trinajstić information content (AvgIpc) is 3.71. The molecule has 11 atom stereocenters. The number of hydrogen-bond acceptors (Lipinski definition) is 6. The molecular formula is C32H41NO6. The molecule has 0 radical (unpaired) electrons. The molecule has 0 unspecified atom stereocenters. The molecule has 9 rings (SSSR count). The molecule has 0 amide bonds. The minimum atomic E-state index is -1.03. The second kappa shape index (κ2) is 6.77. The first-order valence-corrected chi connectivity index (χ1v) is 15.0. The molecule has 39 heavy (non-hydrogen) atoms. The number of benzene rings is 1. The fraction of sp³-hybridized carbons (Fsp3) is 0.750. The van der Waals surface area contributed by atoms with E-state index in [9.17, 15) is 5.11 Å². The van der Waals surface area contributed by atoms with Gasteiger partial charge in [-0.1, -0.05) is 32.0 Å². The molecule has 2 aromatic rings. The van der Waals surface area contributed by atoms with Gasteiger partial charge in [-0.2, -0.15) is 0 Å². The number of fused-ring (bicyclic) bond motifs is 9. The van der Waals surface area contributed by atoms with Gasteiger partial charge in [0.25, 0.3) is 0 Å². The van der Waals surface area contributed by atoms with E-state index in [1.165, 1.54) is 22.2 Å². The summed E-state index contributed by atoms with van der Waals surface area (Å²) in [5.41, 5.74) is 0.803. The first-order valence-electron chi connectivity index (χ1n) is 15.0. The van der Waals surface area contributed by atoms with Gasteiger partial charge in [-0.25, -0.2) is 0 Å². The van der Waals surface area contributed by atoms with Crippen LogP contribution in [-0.4, -0.2) is 69.3 Å². The molecule has 4 saturated heterocycles. The van der Waals surface area contributed by atoms with E-state index in [0.29, 0.717) is 5.92 Å². The minimum Gasteiger partial charge on any atom is -0.386 e. The van der Waals surface area contributed by atoms with E-state index in [0.717, 1.165) is 32.1 Å². The van der Waals surface area contributed by atoms with Crippen LogP contribution in [0.3, 0.4) is 0 Å². The highest BCUT2D eigenvalue weighted by molar-refractivity contribution is 5.86. The molecule has 6 fully saturated rings. The summed E-state index contributed by atoms with van der Waals surface area (Å²) in [5.74, 6) is 0.493. The highest BCUT2D eigenvalue weighted by Crippen LogP contribution is 2.75. The van der Waals surface area contributed by atoms with Gasteiger partial charge in [0.1, 0.15) is 30.0 Å². The number of H-pyrrole nitrogens is 1. The molecule has 7 aliphatic rings. The quantitative estimate of drug-likeness (QED) is 0.522. The standard InChI is InChI=1S/C32H41NO6/c1-27(2)23-21(36-26(39-27)25-28(3,4)37-25)24-32(38-24)20(35-23)12-13-29(5)30(6)16(11-14-31(29,32)34)15-18-17-9-7-8-10-19(17)33-22(18)30/h7-10,16,20-21,23-26,33-34H,11-15H2,1-6H3/t16-,20-,21-,23-,24+,25+,26-,29+,30-,31+,32-/m1/s1. The van der Waals surface area contributed by atoms with Crippen LogP contribution in [-0.2, 0) is 35.5 Å². The predicted octanol–water partition coefficient (Wildman–Crippen LogP) is 4.53. The summed E-state index contributed by atoms with van der Waals surface area (Å²) in [5, 5.41) is 14.5. The first kappa shape index (κ1) is 24.2. The van der Waals surface area contributed by atoms with E-state index < -0.39 is 23.1 Å². The Morgan fingerprint density at radius 3 is 2.36 bits per heavy atom. The average molecular weight is 536 g/mol. The molecule has 1 aromatic heterocycles. The van der Waals surface area contributed by atoms with Crippen LogP contribution in [0.1, 0.15) is 78.5 Å². The van der Waals surface area contributed by atoms with Crippen LogP contribution in [0.5, 0.6) is 0 Å². The Morgan fingerprint density at radius 2 is 1.59 bits per heavy atom. The third-order valence-electron chi connectivity index (χ3n) is 12.8. The number of aromatic nitrogens is 1. The van der Waals surface area contributed by atoms with Crippen LogP contribution < -0.4 is 0 Å². The summed E-state index contributed by atoms with van der Waals surface area (Å²) < 4.78 is 32.7. The monoisotopic (exact) mass is 535 g/mol. The lowest BCUT2D eigenvalue weighted by atomic mass is 9.40. The zero-order valence-electron chi connectivity index (χ0n) is 23.9. The largest absolute Gasteiger partial charge is 0.386 e. The highest BCUT2D eigenvalue weighted by atomic mass is 16.8. The molecule has 7 heteroatoms. The predicted molar refractivity (Wildman–Crippen MR) is 143 cm³/mol. The second-order valence-electron chi connectivity index (χ2n) is 15.1. The maximum atomic E-state index is 13.1. The number of nitrogens with one attached hydrogen (secondary N) is 1. The number of epoxide rings is 2. The fourth-order valence-electron chi connectivity index (χ4n) is 10.4. The van der Waals surface area contributed by atoms with Crippen LogP contribution in [0.25, 0.3) is 10.9 Å². The Balaban J connectivity index is 1.13. The van der Waals surface area contributed by atoms with E-state index in [2.05, 4.69) is 70.8 Å². The zero-order valence-corrected chi connectivity index (χ0v) is 23.9. The number of ether oxygens (including phenoxy) is 5. The Bertz CT molecular complexity index is 1420. The number of para-hydroxylation sites is 1. The van der Waals surface area contributed by atoms with Gasteiger partial charge in [0.05, 0.1) is 17.3 Å². The molecule has 5 heterocycles. The number of aliphatic hydroxyl groups is 1. The zero-order chi connectivity index (χ0) is 27.0. The molecule has 4 aliphatic heterocycles. The van der Waals surface area contributed by atoms with Gasteiger partial charge in [0, 0.05) is 27.4 Å². The van der Waals surface area contributed by atoms with Crippen LogP contribution in [0.15, 0.2) is 24.3 Å². The second-order valence-corrected chi connectivity index (χ2v) is 15.1. The van der Waals surface area contributed by atoms with Gasteiger partial charge >= 0.3 is 0 Å². The molecule has 3 aliphatic carbocycles. The van der Waals surface area contributed by atoms with Crippen LogP contribution in [0.4, 0.5) is 0 Å². The summed E-state index contributed by atoms with van der Waals surface area (Å²) >= 11 is 0. The van der Waals surface area contributed by atoms with Crippen LogP contribution >= 0.6 is 0 Å². The SMILES string of the molecule is CC1(C)O[C@H]([C@@H]2OC2(C)C)O[C@@H]2[C@H]1O[C@@H]1CC[C@]3(C)[C@@](O)(CC[C@@H]4Cc5c([nH]c6ccccc56)[C@@]43C)[C@@]13O[C@@H]23.